The number of hydrogen-bond acceptors (Lipinski definition) is 6. The molecule has 0 saturated carbocycles. The van der Waals surface area contributed by atoms with Crippen LogP contribution in [0, 0.1) is 13.8 Å². The van der Waals surface area contributed by atoms with Crippen LogP contribution in [0.25, 0.3) is 22.1 Å². The number of fused-ring (bicyclic) bond motifs is 2. The van der Waals surface area contributed by atoms with Crippen molar-refractivity contribution in [2.24, 2.45) is 0 Å². The number of carbonyl (C=O) groups is 1. The first-order chi connectivity index (χ1) is 13.0. The van der Waals surface area contributed by atoms with Gasteiger partial charge in [-0.15, -0.1) is 0 Å². The van der Waals surface area contributed by atoms with Crippen LogP contribution in [0.4, 0.5) is 0 Å². The Balaban J connectivity index is 1.90. The molecule has 0 spiro atoms. The summed E-state index contributed by atoms with van der Waals surface area (Å²) < 4.78 is 22.3. The molecule has 6 heteroatoms. The van der Waals surface area contributed by atoms with Gasteiger partial charge in [-0.1, -0.05) is 6.07 Å². The molecule has 2 aromatic carbocycles. The minimum Gasteiger partial charge on any atom is -0.486 e. The average Bonchev–Trinajstić information content (AvgIpc) is 2.64. The molecule has 0 saturated heterocycles. The van der Waals surface area contributed by atoms with Gasteiger partial charge in [0.15, 0.2) is 11.5 Å². The van der Waals surface area contributed by atoms with Crippen LogP contribution in [0.1, 0.15) is 18.2 Å². The van der Waals surface area contributed by atoms with E-state index < -0.39 is 5.97 Å². The number of benzene rings is 2. The van der Waals surface area contributed by atoms with E-state index in [-0.39, 0.29) is 5.43 Å². The number of esters is 1. The Morgan fingerprint density at radius 1 is 1.04 bits per heavy atom. The van der Waals surface area contributed by atoms with Crippen molar-refractivity contribution in [2.45, 2.75) is 20.8 Å². The van der Waals surface area contributed by atoms with Crippen molar-refractivity contribution in [3.8, 4) is 28.4 Å². The molecule has 0 radical (unpaired) electrons. The summed E-state index contributed by atoms with van der Waals surface area (Å²) in [5.41, 5.74) is 2.05. The Labute approximate surface area is 155 Å². The summed E-state index contributed by atoms with van der Waals surface area (Å²) >= 11 is 0. The SMILES string of the molecule is CC(=O)Oc1ccc2c(=O)c(-c3ccc4c(c3)OCCO4)c(C)oc2c1C. The first kappa shape index (κ1) is 17.1. The van der Waals surface area contributed by atoms with Crippen molar-refractivity contribution < 1.29 is 23.4 Å². The predicted molar refractivity (Wildman–Crippen MR) is 99.7 cm³/mol. The van der Waals surface area contributed by atoms with Gasteiger partial charge in [0.2, 0.25) is 5.43 Å². The second-order valence-electron chi connectivity index (χ2n) is 6.38. The third-order valence-electron chi connectivity index (χ3n) is 4.52. The van der Waals surface area contributed by atoms with Crippen molar-refractivity contribution in [2.75, 3.05) is 13.2 Å². The molecule has 0 aliphatic carbocycles. The Kier molecular flexibility index (Phi) is 4.11. The maximum atomic E-state index is 13.2. The smallest absolute Gasteiger partial charge is 0.308 e. The molecule has 138 valence electrons. The summed E-state index contributed by atoms with van der Waals surface area (Å²) in [5.74, 6) is 1.70. The molecule has 1 aromatic heterocycles. The number of ether oxygens (including phenoxy) is 3. The number of carbonyl (C=O) groups excluding carboxylic acids is 1. The van der Waals surface area contributed by atoms with Gasteiger partial charge in [0.05, 0.1) is 10.9 Å². The van der Waals surface area contributed by atoms with E-state index in [1.807, 2.05) is 6.07 Å². The van der Waals surface area contributed by atoms with E-state index in [2.05, 4.69) is 0 Å². The second-order valence-corrected chi connectivity index (χ2v) is 6.38. The highest BCUT2D eigenvalue weighted by atomic mass is 16.6. The first-order valence-corrected chi connectivity index (χ1v) is 8.61. The lowest BCUT2D eigenvalue weighted by Gasteiger charge is -2.19. The summed E-state index contributed by atoms with van der Waals surface area (Å²) in [6.45, 7) is 5.81. The first-order valence-electron chi connectivity index (χ1n) is 8.61. The quantitative estimate of drug-likeness (QED) is 0.508. The van der Waals surface area contributed by atoms with E-state index in [0.717, 1.165) is 0 Å². The van der Waals surface area contributed by atoms with Gasteiger partial charge in [-0.3, -0.25) is 9.59 Å². The largest absolute Gasteiger partial charge is 0.486 e. The molecule has 0 atom stereocenters. The molecular weight excluding hydrogens is 348 g/mol. The molecule has 2 heterocycles. The minimum absolute atomic E-state index is 0.150. The number of hydrogen-bond donors (Lipinski definition) is 0. The summed E-state index contributed by atoms with van der Waals surface area (Å²) in [6, 6.07) is 8.63. The van der Waals surface area contributed by atoms with E-state index in [4.69, 9.17) is 18.6 Å². The van der Waals surface area contributed by atoms with Gasteiger partial charge >= 0.3 is 5.97 Å². The van der Waals surface area contributed by atoms with Crippen molar-refractivity contribution >= 4 is 16.9 Å². The lowest BCUT2D eigenvalue weighted by atomic mass is 10.0. The maximum absolute atomic E-state index is 13.2. The van der Waals surface area contributed by atoms with Crippen LogP contribution in [0.15, 0.2) is 39.5 Å². The van der Waals surface area contributed by atoms with Crippen LogP contribution >= 0.6 is 0 Å². The average molecular weight is 366 g/mol. The van der Waals surface area contributed by atoms with Gasteiger partial charge in [-0.05, 0) is 43.7 Å². The van der Waals surface area contributed by atoms with Crippen LogP contribution in [0.2, 0.25) is 0 Å². The van der Waals surface area contributed by atoms with Crippen molar-refractivity contribution in [1.29, 1.82) is 0 Å². The molecule has 0 unspecified atom stereocenters. The third-order valence-corrected chi connectivity index (χ3v) is 4.52. The second kappa shape index (κ2) is 6.46. The summed E-state index contributed by atoms with van der Waals surface area (Å²) in [7, 11) is 0. The van der Waals surface area contributed by atoms with Crippen LogP contribution in [-0.4, -0.2) is 19.2 Å². The molecule has 0 bridgehead atoms. The highest BCUT2D eigenvalue weighted by Gasteiger charge is 2.19. The highest BCUT2D eigenvalue weighted by Crippen LogP contribution is 2.36. The topological polar surface area (TPSA) is 75.0 Å². The van der Waals surface area contributed by atoms with E-state index >= 15 is 0 Å². The normalized spacial score (nSPS) is 12.9. The van der Waals surface area contributed by atoms with E-state index in [9.17, 15) is 9.59 Å². The number of aryl methyl sites for hydroxylation is 2. The van der Waals surface area contributed by atoms with E-state index in [1.54, 1.807) is 38.1 Å². The van der Waals surface area contributed by atoms with Crippen LogP contribution in [-0.2, 0) is 4.79 Å². The zero-order valence-corrected chi connectivity index (χ0v) is 15.3. The molecule has 4 rings (SSSR count). The standard InChI is InChI=1S/C21H18O6/c1-11-16(27-13(3)22)7-5-15-20(23)19(12(2)26-21(11)15)14-4-6-17-18(10-14)25-9-8-24-17/h4-7,10H,8-9H2,1-3H3. The molecule has 0 fully saturated rings. The summed E-state index contributed by atoms with van der Waals surface area (Å²) in [4.78, 5) is 24.4. The Bertz CT molecular complexity index is 1130. The number of rotatable bonds is 2. The fourth-order valence-corrected chi connectivity index (χ4v) is 3.28. The van der Waals surface area contributed by atoms with Gasteiger partial charge in [0, 0.05) is 12.5 Å². The molecule has 1 aliphatic rings. The van der Waals surface area contributed by atoms with Gasteiger partial charge in [0.1, 0.15) is 30.3 Å². The Morgan fingerprint density at radius 3 is 2.52 bits per heavy atom. The van der Waals surface area contributed by atoms with Crippen LogP contribution in [0.5, 0.6) is 17.2 Å². The third kappa shape index (κ3) is 2.93. The zero-order chi connectivity index (χ0) is 19.1. The van der Waals surface area contributed by atoms with Gasteiger partial charge < -0.3 is 18.6 Å². The van der Waals surface area contributed by atoms with Gasteiger partial charge in [-0.2, -0.15) is 0 Å². The Hall–Kier alpha value is -3.28. The molecule has 6 nitrogen and oxygen atoms in total. The van der Waals surface area contributed by atoms with Crippen LogP contribution in [0.3, 0.4) is 0 Å². The van der Waals surface area contributed by atoms with Crippen molar-refractivity contribution in [1.82, 2.24) is 0 Å². The summed E-state index contributed by atoms with van der Waals surface area (Å²) in [6.07, 6.45) is 0. The molecule has 27 heavy (non-hydrogen) atoms. The lowest BCUT2D eigenvalue weighted by Crippen LogP contribution is -2.15. The van der Waals surface area contributed by atoms with Gasteiger partial charge in [0.25, 0.3) is 0 Å². The highest BCUT2D eigenvalue weighted by molar-refractivity contribution is 5.87. The molecule has 0 N–H and O–H groups in total. The van der Waals surface area contributed by atoms with Crippen molar-refractivity contribution in [3.05, 3.63) is 51.9 Å². The van der Waals surface area contributed by atoms with E-state index in [0.29, 0.717) is 63.9 Å². The maximum Gasteiger partial charge on any atom is 0.308 e. The molecule has 0 amide bonds. The van der Waals surface area contributed by atoms with Gasteiger partial charge in [-0.25, -0.2) is 0 Å². The molecule has 1 aliphatic heterocycles. The molecular formula is C21H18O6. The van der Waals surface area contributed by atoms with Crippen LogP contribution < -0.4 is 19.6 Å². The van der Waals surface area contributed by atoms with E-state index in [1.165, 1.54) is 6.92 Å². The molecule has 3 aromatic rings. The van der Waals surface area contributed by atoms with Crippen molar-refractivity contribution in [3.63, 3.8) is 0 Å². The fourth-order valence-electron chi connectivity index (χ4n) is 3.28. The monoisotopic (exact) mass is 366 g/mol. The summed E-state index contributed by atoms with van der Waals surface area (Å²) in [5, 5.41) is 0.430. The zero-order valence-electron chi connectivity index (χ0n) is 15.3. The Morgan fingerprint density at radius 2 is 1.78 bits per heavy atom. The predicted octanol–water partition coefficient (Wildman–Crippen LogP) is 3.77. The fraction of sp³-hybridized carbons (Fsp3) is 0.238. The lowest BCUT2D eigenvalue weighted by molar-refractivity contribution is -0.131. The minimum atomic E-state index is -0.426.